The average molecular weight is 461 g/mol. The number of fused-ring (bicyclic) bond motifs is 1. The molecule has 0 unspecified atom stereocenters. The van der Waals surface area contributed by atoms with E-state index in [-0.39, 0.29) is 28.0 Å². The molecule has 0 fully saturated rings. The molecule has 2 N–H and O–H groups in total. The number of rotatable bonds is 4. The highest BCUT2D eigenvalue weighted by atomic mass is 35.5. The molecule has 0 atom stereocenters. The Hall–Kier alpha value is -3.56. The molecule has 2 aromatic heterocycles. The van der Waals surface area contributed by atoms with E-state index in [2.05, 4.69) is 4.98 Å². The Morgan fingerprint density at radius 2 is 1.87 bits per heavy atom. The lowest BCUT2D eigenvalue weighted by atomic mass is 10.2. The van der Waals surface area contributed by atoms with Crippen LogP contribution in [0.5, 0.6) is 0 Å². The summed E-state index contributed by atoms with van der Waals surface area (Å²) >= 11 is 12.2. The summed E-state index contributed by atoms with van der Waals surface area (Å²) in [5, 5.41) is 9.90. The van der Waals surface area contributed by atoms with Crippen LogP contribution in [0, 0.1) is 0 Å². The van der Waals surface area contributed by atoms with Gasteiger partial charge in [0.25, 0.3) is 5.56 Å². The zero-order valence-corrected chi connectivity index (χ0v) is 17.4. The number of H-pyrrole nitrogens is 1. The normalized spacial score (nSPS) is 11.2. The number of nitrogens with one attached hydrogen (secondary N) is 1. The van der Waals surface area contributed by atoms with Crippen LogP contribution in [0.2, 0.25) is 10.0 Å². The molecule has 0 radical (unpaired) electrons. The summed E-state index contributed by atoms with van der Waals surface area (Å²) in [5.41, 5.74) is -0.991. The molecule has 0 aliphatic carbocycles. The first kappa shape index (κ1) is 20.7. The highest BCUT2D eigenvalue weighted by Crippen LogP contribution is 2.25. The predicted molar refractivity (Wildman–Crippen MR) is 116 cm³/mol. The molecule has 11 heteroatoms. The van der Waals surface area contributed by atoms with E-state index in [9.17, 15) is 24.3 Å². The molecule has 0 amide bonds. The van der Waals surface area contributed by atoms with Gasteiger partial charge in [-0.3, -0.25) is 18.5 Å². The number of aromatic nitrogens is 4. The third-order valence-electron chi connectivity index (χ3n) is 4.93. The minimum absolute atomic E-state index is 0.158. The minimum Gasteiger partial charge on any atom is -0.477 e. The highest BCUT2D eigenvalue weighted by molar-refractivity contribution is 6.42. The molecule has 0 spiro atoms. The molecule has 0 aliphatic heterocycles. The quantitative estimate of drug-likeness (QED) is 0.483. The van der Waals surface area contributed by atoms with E-state index in [4.69, 9.17) is 23.2 Å². The van der Waals surface area contributed by atoms with Crippen molar-refractivity contribution in [3.8, 4) is 5.69 Å². The Balaban J connectivity index is 1.96. The molecule has 4 aromatic rings. The molecule has 0 bridgehead atoms. The van der Waals surface area contributed by atoms with E-state index in [1.165, 1.54) is 10.6 Å². The van der Waals surface area contributed by atoms with Crippen molar-refractivity contribution < 1.29 is 9.90 Å². The number of carbonyl (C=O) groups is 1. The summed E-state index contributed by atoms with van der Waals surface area (Å²) < 4.78 is 3.21. The van der Waals surface area contributed by atoms with E-state index in [0.717, 1.165) is 15.3 Å². The standard InChI is InChI=1S/C20H14Cl2N4O5/c1-24-15-6-5-11(7-14(15)23-19(24)30)25-9-12(18(28)29)17(27)26(20(25)31)8-10-3-2-4-13(21)16(10)22/h2-7,9H,8H2,1H3,(H,23,30)(H,28,29). The lowest BCUT2D eigenvalue weighted by Gasteiger charge is -2.13. The van der Waals surface area contributed by atoms with E-state index in [0.29, 0.717) is 16.6 Å². The van der Waals surface area contributed by atoms with Gasteiger partial charge in [0.2, 0.25) is 0 Å². The first-order valence-corrected chi connectivity index (χ1v) is 9.66. The zero-order valence-electron chi connectivity index (χ0n) is 15.9. The number of carboxylic acid groups (broad SMARTS) is 1. The van der Waals surface area contributed by atoms with E-state index in [1.54, 1.807) is 37.4 Å². The van der Waals surface area contributed by atoms with Crippen molar-refractivity contribution in [2.75, 3.05) is 0 Å². The van der Waals surface area contributed by atoms with Crippen LogP contribution in [0.3, 0.4) is 0 Å². The number of hydrogen-bond acceptors (Lipinski definition) is 4. The van der Waals surface area contributed by atoms with Gasteiger partial charge in [-0.15, -0.1) is 0 Å². The minimum atomic E-state index is -1.49. The fourth-order valence-electron chi connectivity index (χ4n) is 3.29. The number of aromatic amines is 1. The van der Waals surface area contributed by atoms with Gasteiger partial charge in [0, 0.05) is 13.2 Å². The summed E-state index contributed by atoms with van der Waals surface area (Å²) in [6, 6.07) is 9.41. The number of halogens is 2. The summed E-state index contributed by atoms with van der Waals surface area (Å²) in [6.07, 6.45) is 0.964. The van der Waals surface area contributed by atoms with Gasteiger partial charge in [0.15, 0.2) is 0 Å². The highest BCUT2D eigenvalue weighted by Gasteiger charge is 2.19. The van der Waals surface area contributed by atoms with Gasteiger partial charge in [-0.2, -0.15) is 0 Å². The van der Waals surface area contributed by atoms with Crippen LogP contribution in [0.25, 0.3) is 16.7 Å². The van der Waals surface area contributed by atoms with Crippen molar-refractivity contribution in [3.05, 3.63) is 95.1 Å². The Bertz CT molecular complexity index is 1540. The molecule has 0 aliphatic rings. The van der Waals surface area contributed by atoms with Gasteiger partial charge in [0.1, 0.15) is 5.56 Å². The number of hydrogen-bond donors (Lipinski definition) is 2. The number of imidazole rings is 1. The van der Waals surface area contributed by atoms with Crippen LogP contribution in [-0.2, 0) is 13.6 Å². The number of aromatic carboxylic acids is 1. The van der Waals surface area contributed by atoms with Gasteiger partial charge < -0.3 is 10.1 Å². The second-order valence-electron chi connectivity index (χ2n) is 6.80. The van der Waals surface area contributed by atoms with Crippen LogP contribution in [0.4, 0.5) is 0 Å². The maximum Gasteiger partial charge on any atom is 0.342 e. The van der Waals surface area contributed by atoms with Gasteiger partial charge in [0.05, 0.1) is 33.3 Å². The van der Waals surface area contributed by atoms with Crippen molar-refractivity contribution in [2.24, 2.45) is 7.05 Å². The predicted octanol–water partition coefficient (Wildman–Crippen LogP) is 2.23. The summed E-state index contributed by atoms with van der Waals surface area (Å²) in [4.78, 5) is 52.0. The van der Waals surface area contributed by atoms with Gasteiger partial charge in [-0.25, -0.2) is 14.4 Å². The SMILES string of the molecule is Cn1c(=O)[nH]c2cc(-n3cc(C(=O)O)c(=O)n(Cc4cccc(Cl)c4Cl)c3=O)ccc21. The van der Waals surface area contributed by atoms with Crippen LogP contribution in [-0.4, -0.2) is 29.8 Å². The molecule has 2 aromatic carbocycles. The number of carboxylic acids is 1. The van der Waals surface area contributed by atoms with Crippen molar-refractivity contribution in [1.82, 2.24) is 18.7 Å². The van der Waals surface area contributed by atoms with Crippen molar-refractivity contribution in [3.63, 3.8) is 0 Å². The molecule has 31 heavy (non-hydrogen) atoms. The van der Waals surface area contributed by atoms with E-state index in [1.807, 2.05) is 0 Å². The second kappa shape index (κ2) is 7.60. The van der Waals surface area contributed by atoms with E-state index >= 15 is 0 Å². The smallest absolute Gasteiger partial charge is 0.342 e. The number of aryl methyl sites for hydroxylation is 1. The van der Waals surface area contributed by atoms with Crippen molar-refractivity contribution in [1.29, 1.82) is 0 Å². The third kappa shape index (κ3) is 3.47. The van der Waals surface area contributed by atoms with Crippen LogP contribution in [0.15, 0.2) is 57.0 Å². The van der Waals surface area contributed by atoms with E-state index < -0.39 is 22.8 Å². The molecular formula is C20H14Cl2N4O5. The first-order chi connectivity index (χ1) is 14.7. The lowest BCUT2D eigenvalue weighted by molar-refractivity contribution is 0.0693. The van der Waals surface area contributed by atoms with Crippen LogP contribution in [0.1, 0.15) is 15.9 Å². The molecule has 158 valence electrons. The van der Waals surface area contributed by atoms with Gasteiger partial charge >= 0.3 is 17.3 Å². The molecule has 0 saturated carbocycles. The maximum absolute atomic E-state index is 13.2. The summed E-state index contributed by atoms with van der Waals surface area (Å²) in [5.74, 6) is -1.49. The van der Waals surface area contributed by atoms with Gasteiger partial charge in [-0.1, -0.05) is 35.3 Å². The molecular weight excluding hydrogens is 447 g/mol. The fraction of sp³-hybridized carbons (Fsp3) is 0.100. The Kier molecular flexibility index (Phi) is 5.08. The molecule has 2 heterocycles. The molecule has 0 saturated heterocycles. The largest absolute Gasteiger partial charge is 0.477 e. The van der Waals surface area contributed by atoms with Crippen molar-refractivity contribution in [2.45, 2.75) is 6.54 Å². The number of benzene rings is 2. The Morgan fingerprint density at radius 3 is 2.58 bits per heavy atom. The maximum atomic E-state index is 13.2. The molecule has 4 rings (SSSR count). The Morgan fingerprint density at radius 1 is 1.13 bits per heavy atom. The van der Waals surface area contributed by atoms with Crippen LogP contribution >= 0.6 is 23.2 Å². The average Bonchev–Trinajstić information content (AvgIpc) is 3.01. The second-order valence-corrected chi connectivity index (χ2v) is 7.58. The third-order valence-corrected chi connectivity index (χ3v) is 5.79. The van der Waals surface area contributed by atoms with Crippen LogP contribution < -0.4 is 16.9 Å². The summed E-state index contributed by atoms with van der Waals surface area (Å²) in [7, 11) is 1.59. The lowest BCUT2D eigenvalue weighted by Crippen LogP contribution is -2.42. The topological polar surface area (TPSA) is 119 Å². The number of nitrogens with zero attached hydrogens (tertiary/aromatic N) is 3. The summed E-state index contributed by atoms with van der Waals surface area (Å²) in [6.45, 7) is -0.275. The molecule has 9 nitrogen and oxygen atoms in total. The van der Waals surface area contributed by atoms with Gasteiger partial charge in [-0.05, 0) is 29.8 Å². The zero-order chi connectivity index (χ0) is 22.4. The fourth-order valence-corrected chi connectivity index (χ4v) is 3.67. The monoisotopic (exact) mass is 460 g/mol. The Labute approximate surface area is 183 Å². The van der Waals surface area contributed by atoms with Crippen molar-refractivity contribution >= 4 is 40.2 Å². The first-order valence-electron chi connectivity index (χ1n) is 8.91.